The van der Waals surface area contributed by atoms with Gasteiger partial charge in [0.1, 0.15) is 0 Å². The van der Waals surface area contributed by atoms with E-state index in [2.05, 4.69) is 20.8 Å². The Kier molecular flexibility index (Phi) is 4.40. The van der Waals surface area contributed by atoms with Crippen LogP contribution in [-0.2, 0) is 9.59 Å². The molecule has 1 saturated heterocycles. The summed E-state index contributed by atoms with van der Waals surface area (Å²) in [5.41, 5.74) is 0.291. The lowest BCUT2D eigenvalue weighted by molar-refractivity contribution is -0.156. The summed E-state index contributed by atoms with van der Waals surface area (Å²) in [4.78, 5) is 25.4. The summed E-state index contributed by atoms with van der Waals surface area (Å²) in [6.45, 7) is 8.39. The summed E-state index contributed by atoms with van der Waals surface area (Å²) in [5, 5.41) is 9.08. The molecule has 2 rings (SSSR count). The highest BCUT2D eigenvalue weighted by Gasteiger charge is 2.43. The zero-order valence-electron chi connectivity index (χ0n) is 12.9. The Bertz CT molecular complexity index is 386. The Morgan fingerprint density at radius 3 is 2.15 bits per heavy atom. The van der Waals surface area contributed by atoms with E-state index in [0.29, 0.717) is 17.8 Å². The van der Waals surface area contributed by atoms with Crippen molar-refractivity contribution in [3.05, 3.63) is 0 Å². The topological polar surface area (TPSA) is 57.6 Å². The lowest BCUT2D eigenvalue weighted by atomic mass is 9.73. The fourth-order valence-electron chi connectivity index (χ4n) is 3.51. The fraction of sp³-hybridized carbons (Fsp3) is 0.875. The van der Waals surface area contributed by atoms with Crippen molar-refractivity contribution in [2.24, 2.45) is 23.2 Å². The first-order valence-corrected chi connectivity index (χ1v) is 7.82. The van der Waals surface area contributed by atoms with E-state index < -0.39 is 11.9 Å². The second-order valence-electron chi connectivity index (χ2n) is 7.45. The molecule has 3 unspecified atom stereocenters. The van der Waals surface area contributed by atoms with E-state index in [-0.39, 0.29) is 11.8 Å². The van der Waals surface area contributed by atoms with Gasteiger partial charge in [0, 0.05) is 13.1 Å². The van der Waals surface area contributed by atoms with Crippen LogP contribution in [0.5, 0.6) is 0 Å². The zero-order valence-corrected chi connectivity index (χ0v) is 12.9. The molecule has 114 valence electrons. The normalized spacial score (nSPS) is 31.4. The number of carbonyl (C=O) groups is 2. The molecule has 20 heavy (non-hydrogen) atoms. The Balaban J connectivity index is 1.94. The van der Waals surface area contributed by atoms with Crippen LogP contribution in [0.2, 0.25) is 0 Å². The molecule has 1 amide bonds. The first-order chi connectivity index (χ1) is 9.30. The van der Waals surface area contributed by atoms with Crippen molar-refractivity contribution in [3.63, 3.8) is 0 Å². The summed E-state index contributed by atoms with van der Waals surface area (Å²) in [5.74, 6) is -0.782. The quantitative estimate of drug-likeness (QED) is 0.846. The molecule has 1 aliphatic carbocycles. The van der Waals surface area contributed by atoms with Gasteiger partial charge in [-0.2, -0.15) is 0 Å². The molecule has 3 atom stereocenters. The molecule has 2 fully saturated rings. The molecule has 4 nitrogen and oxygen atoms in total. The maximum absolute atomic E-state index is 12.5. The third-order valence-electron chi connectivity index (χ3n) is 5.17. The lowest BCUT2D eigenvalue weighted by Crippen LogP contribution is -2.46. The fourth-order valence-corrected chi connectivity index (χ4v) is 3.51. The van der Waals surface area contributed by atoms with Crippen LogP contribution in [0.15, 0.2) is 0 Å². The second-order valence-corrected chi connectivity index (χ2v) is 7.45. The summed E-state index contributed by atoms with van der Waals surface area (Å²) >= 11 is 0. The molecule has 1 N–H and O–H groups in total. The third-order valence-corrected chi connectivity index (χ3v) is 5.17. The highest BCUT2D eigenvalue weighted by Crippen LogP contribution is 2.38. The molecule has 0 bridgehead atoms. The molecule has 0 spiro atoms. The highest BCUT2D eigenvalue weighted by molar-refractivity contribution is 5.86. The molecule has 0 aromatic rings. The van der Waals surface area contributed by atoms with E-state index in [1.165, 1.54) is 6.42 Å². The van der Waals surface area contributed by atoms with E-state index in [1.807, 2.05) is 4.90 Å². The maximum atomic E-state index is 12.5. The monoisotopic (exact) mass is 281 g/mol. The third kappa shape index (κ3) is 3.15. The number of carboxylic acid groups (broad SMARTS) is 1. The van der Waals surface area contributed by atoms with Crippen LogP contribution in [0, 0.1) is 23.2 Å². The molecule has 1 aliphatic heterocycles. The van der Waals surface area contributed by atoms with Gasteiger partial charge in [-0.25, -0.2) is 0 Å². The SMILES string of the molecule is CC(C)(C)C1CCCN(C(=O)C2CCC2C(=O)O)CC1. The number of hydrogen-bond acceptors (Lipinski definition) is 2. The summed E-state index contributed by atoms with van der Waals surface area (Å²) in [6.07, 6.45) is 4.65. The van der Waals surface area contributed by atoms with Crippen molar-refractivity contribution in [3.8, 4) is 0 Å². The Labute approximate surface area is 121 Å². The molecular weight excluding hydrogens is 254 g/mol. The number of rotatable bonds is 2. The molecule has 1 saturated carbocycles. The predicted octanol–water partition coefficient (Wildman–Crippen LogP) is 2.77. The number of carboxylic acids is 1. The van der Waals surface area contributed by atoms with Gasteiger partial charge >= 0.3 is 5.97 Å². The molecule has 4 heteroatoms. The number of hydrogen-bond donors (Lipinski definition) is 1. The van der Waals surface area contributed by atoms with Gasteiger partial charge in [0.05, 0.1) is 11.8 Å². The summed E-state index contributed by atoms with van der Waals surface area (Å²) in [7, 11) is 0. The van der Waals surface area contributed by atoms with E-state index in [0.717, 1.165) is 32.4 Å². The van der Waals surface area contributed by atoms with Crippen LogP contribution < -0.4 is 0 Å². The maximum Gasteiger partial charge on any atom is 0.307 e. The van der Waals surface area contributed by atoms with Crippen molar-refractivity contribution in [2.45, 2.75) is 52.9 Å². The molecule has 0 aromatic heterocycles. The van der Waals surface area contributed by atoms with E-state index in [1.54, 1.807) is 0 Å². The number of carbonyl (C=O) groups excluding carboxylic acids is 1. The van der Waals surface area contributed by atoms with Gasteiger partial charge in [-0.05, 0) is 43.4 Å². The average molecular weight is 281 g/mol. The van der Waals surface area contributed by atoms with Gasteiger partial charge in [0.25, 0.3) is 0 Å². The van der Waals surface area contributed by atoms with Crippen molar-refractivity contribution in [1.29, 1.82) is 0 Å². The summed E-state index contributed by atoms with van der Waals surface area (Å²) < 4.78 is 0. The first-order valence-electron chi connectivity index (χ1n) is 7.82. The van der Waals surface area contributed by atoms with Gasteiger partial charge < -0.3 is 10.0 Å². The average Bonchev–Trinajstić information content (AvgIpc) is 2.50. The predicted molar refractivity (Wildman–Crippen MR) is 77.2 cm³/mol. The molecule has 2 aliphatic rings. The minimum atomic E-state index is -0.808. The number of likely N-dealkylation sites (tertiary alicyclic amines) is 1. The second kappa shape index (κ2) is 5.74. The van der Waals surface area contributed by atoms with Crippen LogP contribution in [0.25, 0.3) is 0 Å². The Morgan fingerprint density at radius 1 is 1.00 bits per heavy atom. The smallest absolute Gasteiger partial charge is 0.307 e. The van der Waals surface area contributed by atoms with Crippen molar-refractivity contribution in [2.75, 3.05) is 13.1 Å². The van der Waals surface area contributed by atoms with E-state index >= 15 is 0 Å². The van der Waals surface area contributed by atoms with Crippen LogP contribution >= 0.6 is 0 Å². The molecule has 1 heterocycles. The van der Waals surface area contributed by atoms with E-state index in [9.17, 15) is 9.59 Å². The number of nitrogens with zero attached hydrogens (tertiary/aromatic N) is 1. The van der Waals surface area contributed by atoms with Crippen molar-refractivity contribution >= 4 is 11.9 Å². The highest BCUT2D eigenvalue weighted by atomic mass is 16.4. The van der Waals surface area contributed by atoms with Crippen LogP contribution in [0.1, 0.15) is 52.9 Å². The van der Waals surface area contributed by atoms with Crippen molar-refractivity contribution < 1.29 is 14.7 Å². The number of aliphatic carboxylic acids is 1. The van der Waals surface area contributed by atoms with Crippen LogP contribution in [0.4, 0.5) is 0 Å². The Morgan fingerprint density at radius 2 is 1.65 bits per heavy atom. The van der Waals surface area contributed by atoms with Gasteiger partial charge in [0.2, 0.25) is 5.91 Å². The van der Waals surface area contributed by atoms with Gasteiger partial charge in [-0.15, -0.1) is 0 Å². The minimum Gasteiger partial charge on any atom is -0.481 e. The van der Waals surface area contributed by atoms with Gasteiger partial charge in [-0.1, -0.05) is 20.8 Å². The van der Waals surface area contributed by atoms with Gasteiger partial charge in [0.15, 0.2) is 0 Å². The molecular formula is C16H27NO3. The standard InChI is InChI=1S/C16H27NO3/c1-16(2,3)11-5-4-9-17(10-8-11)14(18)12-6-7-13(12)15(19)20/h11-13H,4-10H2,1-3H3,(H,19,20). The summed E-state index contributed by atoms with van der Waals surface area (Å²) in [6, 6.07) is 0. The molecule has 0 aromatic carbocycles. The zero-order chi connectivity index (χ0) is 14.9. The van der Waals surface area contributed by atoms with Crippen LogP contribution in [-0.4, -0.2) is 35.0 Å². The Hall–Kier alpha value is -1.06. The minimum absolute atomic E-state index is 0.0817. The van der Waals surface area contributed by atoms with Crippen molar-refractivity contribution in [1.82, 2.24) is 4.90 Å². The lowest BCUT2D eigenvalue weighted by Gasteiger charge is -2.36. The van der Waals surface area contributed by atoms with E-state index in [4.69, 9.17) is 5.11 Å². The number of amides is 1. The first kappa shape index (κ1) is 15.3. The van der Waals surface area contributed by atoms with Gasteiger partial charge in [-0.3, -0.25) is 9.59 Å². The van der Waals surface area contributed by atoms with Crippen LogP contribution in [0.3, 0.4) is 0 Å². The largest absolute Gasteiger partial charge is 0.481 e. The molecule has 0 radical (unpaired) electrons.